The molecule has 2 saturated carbocycles. The van der Waals surface area contributed by atoms with Crippen LogP contribution in [0.3, 0.4) is 0 Å². The third-order valence-electron chi connectivity index (χ3n) is 5.14. The summed E-state index contributed by atoms with van der Waals surface area (Å²) in [7, 11) is -4.34. The number of carboxylic acid groups (broad SMARTS) is 1. The van der Waals surface area contributed by atoms with Crippen LogP contribution in [0, 0.1) is 5.92 Å². The first-order chi connectivity index (χ1) is 12.1. The van der Waals surface area contributed by atoms with Crippen molar-refractivity contribution in [2.24, 2.45) is 5.92 Å². The van der Waals surface area contributed by atoms with Gasteiger partial charge < -0.3 is 9.84 Å². The standard InChI is InChI=1S/C17H19F3O5S/c18-17(19,20)13-6-1-2-7-15(13)26(23,24)11-8-12(16(21)22)14(9-11)25-10-4-3-5-10/h1-2,6-7,10-12,14H,3-5,8-9H2,(H,21,22)/t11-,12-,14-/m1/s1. The molecule has 0 spiro atoms. The zero-order chi connectivity index (χ0) is 19.1. The molecular formula is C17H19F3O5S. The molecule has 3 atom stereocenters. The predicted octanol–water partition coefficient (Wildman–Crippen LogP) is 3.28. The van der Waals surface area contributed by atoms with Crippen LogP contribution in [-0.2, 0) is 25.5 Å². The number of hydrogen-bond acceptors (Lipinski definition) is 4. The van der Waals surface area contributed by atoms with E-state index in [4.69, 9.17) is 4.74 Å². The zero-order valence-electron chi connectivity index (χ0n) is 13.8. The summed E-state index contributed by atoms with van der Waals surface area (Å²) in [5.74, 6) is -2.22. The summed E-state index contributed by atoms with van der Waals surface area (Å²) in [5.41, 5.74) is -1.23. The van der Waals surface area contributed by atoms with Crippen molar-refractivity contribution in [3.63, 3.8) is 0 Å². The van der Waals surface area contributed by atoms with E-state index in [9.17, 15) is 31.5 Å². The van der Waals surface area contributed by atoms with Crippen molar-refractivity contribution in [2.45, 2.75) is 60.6 Å². The second kappa shape index (κ2) is 6.84. The normalized spacial score (nSPS) is 27.3. The molecular weight excluding hydrogens is 373 g/mol. The summed E-state index contributed by atoms with van der Waals surface area (Å²) < 4.78 is 71.0. The number of hydrogen-bond donors (Lipinski definition) is 1. The van der Waals surface area contributed by atoms with Crippen LogP contribution in [0.25, 0.3) is 0 Å². The van der Waals surface area contributed by atoms with Crippen molar-refractivity contribution in [1.29, 1.82) is 0 Å². The van der Waals surface area contributed by atoms with Gasteiger partial charge in [-0.2, -0.15) is 13.2 Å². The highest BCUT2D eigenvalue weighted by Gasteiger charge is 2.48. The van der Waals surface area contributed by atoms with Gasteiger partial charge in [0, 0.05) is 0 Å². The number of benzene rings is 1. The van der Waals surface area contributed by atoms with Gasteiger partial charge in [-0.15, -0.1) is 0 Å². The SMILES string of the molecule is O=C(O)[C@@H]1C[C@@H](S(=O)(=O)c2ccccc2C(F)(F)F)C[C@H]1OC1CCC1. The molecule has 2 aliphatic carbocycles. The second-order valence-corrected chi connectivity index (χ2v) is 9.00. The molecule has 0 heterocycles. The molecule has 0 radical (unpaired) electrons. The Morgan fingerprint density at radius 1 is 1.15 bits per heavy atom. The van der Waals surface area contributed by atoms with Gasteiger partial charge in [-0.25, -0.2) is 8.42 Å². The number of rotatable bonds is 5. The van der Waals surface area contributed by atoms with Gasteiger partial charge in [0.25, 0.3) is 0 Å². The second-order valence-electron chi connectivity index (χ2n) is 6.80. The Hall–Kier alpha value is -1.61. The van der Waals surface area contributed by atoms with Crippen LogP contribution < -0.4 is 0 Å². The van der Waals surface area contributed by atoms with Crippen LogP contribution in [-0.4, -0.2) is 37.0 Å². The summed E-state index contributed by atoms with van der Waals surface area (Å²) in [6.07, 6.45) is -3.51. The lowest BCUT2D eigenvalue weighted by Gasteiger charge is -2.30. The van der Waals surface area contributed by atoms with E-state index >= 15 is 0 Å². The molecule has 1 aromatic carbocycles. The lowest BCUT2D eigenvalue weighted by atomic mass is 9.95. The highest BCUT2D eigenvalue weighted by Crippen LogP contribution is 2.41. The summed E-state index contributed by atoms with van der Waals surface area (Å²) in [5, 5.41) is 8.16. The molecule has 1 N–H and O–H groups in total. The Labute approximate surface area is 149 Å². The van der Waals surface area contributed by atoms with Crippen molar-refractivity contribution < 1.29 is 36.2 Å². The fourth-order valence-corrected chi connectivity index (χ4v) is 5.52. The number of carbonyl (C=O) groups is 1. The highest BCUT2D eigenvalue weighted by atomic mass is 32.2. The van der Waals surface area contributed by atoms with Gasteiger partial charge in [-0.1, -0.05) is 12.1 Å². The first kappa shape index (κ1) is 19.2. The summed E-state index contributed by atoms with van der Waals surface area (Å²) in [6, 6.07) is 4.00. The quantitative estimate of drug-likeness (QED) is 0.832. The Kier molecular flexibility index (Phi) is 5.04. The van der Waals surface area contributed by atoms with Crippen LogP contribution in [0.15, 0.2) is 29.2 Å². The van der Waals surface area contributed by atoms with E-state index in [0.717, 1.165) is 37.5 Å². The number of sulfone groups is 1. The third kappa shape index (κ3) is 3.59. The van der Waals surface area contributed by atoms with E-state index in [1.165, 1.54) is 6.07 Å². The Morgan fingerprint density at radius 2 is 1.81 bits per heavy atom. The summed E-state index contributed by atoms with van der Waals surface area (Å²) >= 11 is 0. The van der Waals surface area contributed by atoms with Crippen molar-refractivity contribution in [3.05, 3.63) is 29.8 Å². The molecule has 0 bridgehead atoms. The lowest BCUT2D eigenvalue weighted by Crippen LogP contribution is -2.33. The molecule has 1 aromatic rings. The smallest absolute Gasteiger partial charge is 0.417 e. The minimum absolute atomic E-state index is 0.0919. The van der Waals surface area contributed by atoms with Crippen molar-refractivity contribution in [3.8, 4) is 0 Å². The first-order valence-corrected chi connectivity index (χ1v) is 9.93. The molecule has 144 valence electrons. The topological polar surface area (TPSA) is 80.7 Å². The molecule has 5 nitrogen and oxygen atoms in total. The van der Waals surface area contributed by atoms with E-state index in [1.807, 2.05) is 0 Å². The summed E-state index contributed by atoms with van der Waals surface area (Å²) in [4.78, 5) is 10.7. The largest absolute Gasteiger partial charge is 0.481 e. The molecule has 0 saturated heterocycles. The monoisotopic (exact) mass is 392 g/mol. The van der Waals surface area contributed by atoms with Crippen molar-refractivity contribution in [1.82, 2.24) is 0 Å². The van der Waals surface area contributed by atoms with Crippen LogP contribution >= 0.6 is 0 Å². The van der Waals surface area contributed by atoms with Gasteiger partial charge in [0.1, 0.15) is 0 Å². The molecule has 3 rings (SSSR count). The van der Waals surface area contributed by atoms with Crippen molar-refractivity contribution in [2.75, 3.05) is 0 Å². The van der Waals surface area contributed by atoms with Gasteiger partial charge in [0.15, 0.2) is 9.84 Å². The van der Waals surface area contributed by atoms with E-state index < -0.39 is 49.7 Å². The Morgan fingerprint density at radius 3 is 2.35 bits per heavy atom. The predicted molar refractivity (Wildman–Crippen MR) is 85.3 cm³/mol. The average molecular weight is 392 g/mol. The molecule has 2 aliphatic rings. The minimum Gasteiger partial charge on any atom is -0.481 e. The van der Waals surface area contributed by atoms with Gasteiger partial charge in [0.2, 0.25) is 0 Å². The molecule has 0 aromatic heterocycles. The van der Waals surface area contributed by atoms with Crippen LogP contribution in [0.4, 0.5) is 13.2 Å². The maximum Gasteiger partial charge on any atom is 0.417 e. The van der Waals surface area contributed by atoms with Crippen LogP contribution in [0.2, 0.25) is 0 Å². The third-order valence-corrected chi connectivity index (χ3v) is 7.37. The highest BCUT2D eigenvalue weighted by molar-refractivity contribution is 7.92. The van der Waals surface area contributed by atoms with Gasteiger partial charge in [-0.05, 0) is 44.2 Å². The van der Waals surface area contributed by atoms with Gasteiger partial charge in [-0.3, -0.25) is 4.79 Å². The molecule has 0 aliphatic heterocycles. The Balaban J connectivity index is 1.89. The number of ether oxygens (including phenoxy) is 1. The fourth-order valence-electron chi connectivity index (χ4n) is 3.50. The maximum atomic E-state index is 13.2. The van der Waals surface area contributed by atoms with E-state index in [-0.39, 0.29) is 18.9 Å². The number of carboxylic acids is 1. The maximum absolute atomic E-state index is 13.2. The molecule has 0 amide bonds. The number of aliphatic carboxylic acids is 1. The Bertz CT molecular complexity index is 786. The number of alkyl halides is 3. The molecule has 26 heavy (non-hydrogen) atoms. The number of halogens is 3. The minimum atomic E-state index is -4.81. The van der Waals surface area contributed by atoms with Crippen molar-refractivity contribution >= 4 is 15.8 Å². The zero-order valence-corrected chi connectivity index (χ0v) is 14.6. The molecule has 2 fully saturated rings. The lowest BCUT2D eigenvalue weighted by molar-refractivity contribution is -0.149. The van der Waals surface area contributed by atoms with Crippen LogP contribution in [0.5, 0.6) is 0 Å². The van der Waals surface area contributed by atoms with E-state index in [1.54, 1.807) is 0 Å². The first-order valence-electron chi connectivity index (χ1n) is 8.39. The average Bonchev–Trinajstić information content (AvgIpc) is 2.95. The van der Waals surface area contributed by atoms with Gasteiger partial charge in [0.05, 0.1) is 33.8 Å². The molecule has 9 heteroatoms. The summed E-state index contributed by atoms with van der Waals surface area (Å²) in [6.45, 7) is 0. The van der Waals surface area contributed by atoms with E-state index in [2.05, 4.69) is 0 Å². The van der Waals surface area contributed by atoms with E-state index in [0.29, 0.717) is 0 Å². The molecule has 0 unspecified atom stereocenters. The fraction of sp³-hybridized carbons (Fsp3) is 0.588. The van der Waals surface area contributed by atoms with Gasteiger partial charge >= 0.3 is 12.1 Å². The van der Waals surface area contributed by atoms with Crippen LogP contribution in [0.1, 0.15) is 37.7 Å².